The maximum atomic E-state index is 11.1. The maximum absolute atomic E-state index is 11.1. The summed E-state index contributed by atoms with van der Waals surface area (Å²) in [7, 11) is 0. The molecule has 0 spiro atoms. The van der Waals surface area contributed by atoms with Gasteiger partial charge < -0.3 is 10.2 Å². The minimum atomic E-state index is -1.18. The molecule has 0 saturated heterocycles. The van der Waals surface area contributed by atoms with Crippen LogP contribution in [0.3, 0.4) is 0 Å². The highest BCUT2D eigenvalue weighted by molar-refractivity contribution is 6.04. The quantitative estimate of drug-likeness (QED) is 0.791. The Morgan fingerprint density at radius 2 is 1.94 bits per heavy atom. The van der Waals surface area contributed by atoms with E-state index in [4.69, 9.17) is 10.2 Å². The van der Waals surface area contributed by atoms with Crippen LogP contribution in [0.15, 0.2) is 23.8 Å². The van der Waals surface area contributed by atoms with Gasteiger partial charge in [0.25, 0.3) is 0 Å². The van der Waals surface area contributed by atoms with Crippen molar-refractivity contribution in [2.45, 2.75) is 12.8 Å². The molecular formula is C12H10O4. The third-order valence-electron chi connectivity index (χ3n) is 2.67. The minimum absolute atomic E-state index is 0.0758. The summed E-state index contributed by atoms with van der Waals surface area (Å²) in [4.78, 5) is 22.0. The Labute approximate surface area is 91.8 Å². The molecule has 0 aromatic heterocycles. The number of benzene rings is 1. The van der Waals surface area contributed by atoms with E-state index in [0.29, 0.717) is 11.1 Å². The third-order valence-corrected chi connectivity index (χ3v) is 2.67. The fourth-order valence-corrected chi connectivity index (χ4v) is 1.95. The van der Waals surface area contributed by atoms with Crippen molar-refractivity contribution in [2.24, 2.45) is 0 Å². The minimum Gasteiger partial charge on any atom is -0.481 e. The van der Waals surface area contributed by atoms with Gasteiger partial charge in [0.2, 0.25) is 0 Å². The van der Waals surface area contributed by atoms with E-state index in [-0.39, 0.29) is 5.57 Å². The number of carbonyl (C=O) groups is 2. The highest BCUT2D eigenvalue weighted by Crippen LogP contribution is 2.36. The van der Waals surface area contributed by atoms with E-state index in [2.05, 4.69) is 0 Å². The SMILES string of the molecule is Cc1ccc2c(c1)C=C(C(=O)O)C2C(=O)O. The van der Waals surface area contributed by atoms with Gasteiger partial charge >= 0.3 is 11.9 Å². The van der Waals surface area contributed by atoms with Crippen molar-refractivity contribution in [1.82, 2.24) is 0 Å². The summed E-state index contributed by atoms with van der Waals surface area (Å²) in [6.07, 6.45) is 1.43. The van der Waals surface area contributed by atoms with Crippen LogP contribution >= 0.6 is 0 Å². The lowest BCUT2D eigenvalue weighted by molar-refractivity contribution is -0.141. The van der Waals surface area contributed by atoms with Crippen molar-refractivity contribution in [1.29, 1.82) is 0 Å². The first-order chi connectivity index (χ1) is 7.50. The summed E-state index contributed by atoms with van der Waals surface area (Å²) < 4.78 is 0. The molecule has 1 aromatic rings. The number of carboxylic acids is 2. The molecule has 0 saturated carbocycles. The lowest BCUT2D eigenvalue weighted by Crippen LogP contribution is -2.16. The molecule has 0 bridgehead atoms. The monoisotopic (exact) mass is 218 g/mol. The number of rotatable bonds is 2. The number of hydrogen-bond donors (Lipinski definition) is 2. The summed E-state index contributed by atoms with van der Waals surface area (Å²) in [5, 5.41) is 18.0. The number of aryl methyl sites for hydroxylation is 1. The average Bonchev–Trinajstić information content (AvgIpc) is 2.55. The molecule has 4 heteroatoms. The molecule has 1 aliphatic rings. The molecule has 1 unspecified atom stereocenters. The summed E-state index contributed by atoms with van der Waals surface area (Å²) in [6, 6.07) is 5.25. The van der Waals surface area contributed by atoms with Crippen LogP contribution in [0.5, 0.6) is 0 Å². The predicted molar refractivity (Wildman–Crippen MR) is 57.2 cm³/mol. The second-order valence-corrected chi connectivity index (χ2v) is 3.81. The molecular weight excluding hydrogens is 208 g/mol. The summed E-state index contributed by atoms with van der Waals surface area (Å²) in [5.41, 5.74) is 2.14. The second kappa shape index (κ2) is 3.48. The second-order valence-electron chi connectivity index (χ2n) is 3.81. The Bertz CT molecular complexity index is 514. The number of hydrogen-bond acceptors (Lipinski definition) is 2. The van der Waals surface area contributed by atoms with E-state index in [1.54, 1.807) is 18.2 Å². The van der Waals surface area contributed by atoms with Crippen molar-refractivity contribution in [3.8, 4) is 0 Å². The molecule has 0 fully saturated rings. The predicted octanol–water partition coefficient (Wildman–Crippen LogP) is 1.64. The summed E-state index contributed by atoms with van der Waals surface area (Å²) in [5.74, 6) is -3.36. The number of carboxylic acid groups (broad SMARTS) is 2. The molecule has 16 heavy (non-hydrogen) atoms. The summed E-state index contributed by atoms with van der Waals surface area (Å²) in [6.45, 7) is 1.88. The summed E-state index contributed by atoms with van der Waals surface area (Å²) >= 11 is 0. The van der Waals surface area contributed by atoms with Gasteiger partial charge in [0.1, 0.15) is 5.92 Å². The zero-order chi connectivity index (χ0) is 11.9. The van der Waals surface area contributed by atoms with Gasteiger partial charge in [-0.2, -0.15) is 0 Å². The van der Waals surface area contributed by atoms with E-state index in [1.165, 1.54) is 6.08 Å². The molecule has 0 aliphatic heterocycles. The van der Waals surface area contributed by atoms with Crippen LogP contribution in [0.2, 0.25) is 0 Å². The smallest absolute Gasteiger partial charge is 0.332 e. The van der Waals surface area contributed by atoms with Gasteiger partial charge in [0.15, 0.2) is 0 Å². The van der Waals surface area contributed by atoms with Crippen LogP contribution in [-0.2, 0) is 9.59 Å². The van der Waals surface area contributed by atoms with Crippen LogP contribution in [0.25, 0.3) is 6.08 Å². The zero-order valence-electron chi connectivity index (χ0n) is 8.60. The molecule has 0 heterocycles. The van der Waals surface area contributed by atoms with Crippen molar-refractivity contribution >= 4 is 18.0 Å². The van der Waals surface area contributed by atoms with E-state index in [9.17, 15) is 9.59 Å². The van der Waals surface area contributed by atoms with E-state index < -0.39 is 17.9 Å². The lowest BCUT2D eigenvalue weighted by atomic mass is 9.95. The van der Waals surface area contributed by atoms with Crippen LogP contribution in [-0.4, -0.2) is 22.2 Å². The fraction of sp³-hybridized carbons (Fsp3) is 0.167. The molecule has 4 nitrogen and oxygen atoms in total. The zero-order valence-corrected chi connectivity index (χ0v) is 8.60. The van der Waals surface area contributed by atoms with Gasteiger partial charge in [0.05, 0.1) is 5.57 Å². The van der Waals surface area contributed by atoms with E-state index in [1.807, 2.05) is 6.92 Å². The molecule has 2 N–H and O–H groups in total. The fourth-order valence-electron chi connectivity index (χ4n) is 1.95. The highest BCUT2D eigenvalue weighted by Gasteiger charge is 2.34. The van der Waals surface area contributed by atoms with Crippen molar-refractivity contribution < 1.29 is 19.8 Å². The van der Waals surface area contributed by atoms with Crippen LogP contribution in [0.1, 0.15) is 22.6 Å². The van der Waals surface area contributed by atoms with Crippen molar-refractivity contribution in [3.63, 3.8) is 0 Å². The molecule has 0 radical (unpaired) electrons. The molecule has 0 amide bonds. The number of fused-ring (bicyclic) bond motifs is 1. The molecule has 2 rings (SSSR count). The van der Waals surface area contributed by atoms with E-state index in [0.717, 1.165) is 5.56 Å². The Morgan fingerprint density at radius 1 is 1.25 bits per heavy atom. The average molecular weight is 218 g/mol. The third kappa shape index (κ3) is 1.48. The largest absolute Gasteiger partial charge is 0.481 e. The highest BCUT2D eigenvalue weighted by atomic mass is 16.4. The first-order valence-electron chi connectivity index (χ1n) is 4.79. The van der Waals surface area contributed by atoms with Gasteiger partial charge in [-0.3, -0.25) is 4.79 Å². The molecule has 82 valence electrons. The molecule has 1 atom stereocenters. The van der Waals surface area contributed by atoms with Gasteiger partial charge in [-0.15, -0.1) is 0 Å². The first kappa shape index (κ1) is 10.4. The van der Waals surface area contributed by atoms with Gasteiger partial charge in [0, 0.05) is 0 Å². The Balaban J connectivity index is 2.59. The standard InChI is InChI=1S/C12H10O4/c1-6-2-3-8-7(4-6)5-9(11(13)14)10(8)12(15)16/h2-5,10H,1H3,(H,13,14)(H,15,16). The Hall–Kier alpha value is -2.10. The Kier molecular flexibility index (Phi) is 2.27. The number of aliphatic carboxylic acids is 2. The van der Waals surface area contributed by atoms with Crippen LogP contribution < -0.4 is 0 Å². The Morgan fingerprint density at radius 3 is 2.50 bits per heavy atom. The van der Waals surface area contributed by atoms with Crippen LogP contribution in [0, 0.1) is 6.92 Å². The van der Waals surface area contributed by atoms with Gasteiger partial charge in [-0.25, -0.2) is 4.79 Å². The van der Waals surface area contributed by atoms with Crippen molar-refractivity contribution in [3.05, 3.63) is 40.5 Å². The van der Waals surface area contributed by atoms with Crippen molar-refractivity contribution in [2.75, 3.05) is 0 Å². The van der Waals surface area contributed by atoms with Gasteiger partial charge in [-0.1, -0.05) is 23.8 Å². The van der Waals surface area contributed by atoms with Crippen LogP contribution in [0.4, 0.5) is 0 Å². The lowest BCUT2D eigenvalue weighted by Gasteiger charge is -2.08. The maximum Gasteiger partial charge on any atom is 0.332 e. The molecule has 1 aromatic carbocycles. The van der Waals surface area contributed by atoms with E-state index >= 15 is 0 Å². The first-order valence-corrected chi connectivity index (χ1v) is 4.79. The normalized spacial score (nSPS) is 17.8. The topological polar surface area (TPSA) is 74.6 Å². The molecule has 1 aliphatic carbocycles. The van der Waals surface area contributed by atoms with Gasteiger partial charge in [-0.05, 0) is 24.1 Å².